The number of benzene rings is 1. The average molecular weight is 447 g/mol. The first-order chi connectivity index (χ1) is 16.1. The normalized spacial score (nSPS) is 11.1. The third-order valence-electron chi connectivity index (χ3n) is 5.68. The minimum Gasteiger partial charge on any atom is -0.372 e. The van der Waals surface area contributed by atoms with Gasteiger partial charge in [0.25, 0.3) is 5.56 Å². The number of unbranched alkanes of at least 4 members (excludes halogenated alkanes) is 2. The van der Waals surface area contributed by atoms with E-state index in [1.54, 1.807) is 12.4 Å². The number of hydrogen-bond donors (Lipinski definition) is 3. The van der Waals surface area contributed by atoms with Gasteiger partial charge in [0.1, 0.15) is 0 Å². The van der Waals surface area contributed by atoms with Gasteiger partial charge in [0.05, 0.1) is 16.9 Å². The molecule has 0 spiro atoms. The van der Waals surface area contributed by atoms with E-state index in [9.17, 15) is 9.59 Å². The summed E-state index contributed by atoms with van der Waals surface area (Å²) in [5.41, 5.74) is 3.74. The largest absolute Gasteiger partial charge is 0.372 e. The van der Waals surface area contributed by atoms with Crippen LogP contribution in [0.1, 0.15) is 39.5 Å². The summed E-state index contributed by atoms with van der Waals surface area (Å²) in [4.78, 5) is 35.3. The van der Waals surface area contributed by atoms with E-state index in [1.807, 2.05) is 16.5 Å². The third kappa shape index (κ3) is 5.00. The number of fused-ring (bicyclic) bond motifs is 1. The molecule has 0 amide bonds. The lowest BCUT2D eigenvalue weighted by molar-refractivity contribution is 0.669. The maximum absolute atomic E-state index is 12.3. The Hall–Kier alpha value is -3.81. The van der Waals surface area contributed by atoms with Crippen molar-refractivity contribution >= 4 is 22.7 Å². The molecule has 8 nitrogen and oxygen atoms in total. The molecular formula is C25H30N6O2. The zero-order valence-corrected chi connectivity index (χ0v) is 19.1. The molecule has 3 heterocycles. The van der Waals surface area contributed by atoms with Gasteiger partial charge in [-0.2, -0.15) is 0 Å². The van der Waals surface area contributed by atoms with Gasteiger partial charge in [0, 0.05) is 43.1 Å². The van der Waals surface area contributed by atoms with Gasteiger partial charge in [-0.15, -0.1) is 0 Å². The highest BCUT2D eigenvalue weighted by Gasteiger charge is 2.12. The van der Waals surface area contributed by atoms with Crippen molar-refractivity contribution in [1.82, 2.24) is 19.4 Å². The first kappa shape index (κ1) is 22.4. The van der Waals surface area contributed by atoms with Crippen LogP contribution < -0.4 is 21.5 Å². The minimum atomic E-state index is -0.532. The highest BCUT2D eigenvalue weighted by atomic mass is 16.2. The van der Waals surface area contributed by atoms with Crippen molar-refractivity contribution in [2.24, 2.45) is 0 Å². The number of aromatic nitrogens is 4. The Morgan fingerprint density at radius 2 is 1.82 bits per heavy atom. The average Bonchev–Trinajstić information content (AvgIpc) is 3.31. The molecule has 1 aromatic carbocycles. The lowest BCUT2D eigenvalue weighted by atomic mass is 10.2. The number of hydrogen-bond acceptors (Lipinski definition) is 5. The minimum absolute atomic E-state index is 0.368. The molecule has 3 aromatic heterocycles. The Morgan fingerprint density at radius 1 is 1.00 bits per heavy atom. The number of anilines is 3. The quantitative estimate of drug-likeness (QED) is 0.311. The number of nitrogens with one attached hydrogen (secondary N) is 3. The van der Waals surface area contributed by atoms with Crippen LogP contribution >= 0.6 is 0 Å². The molecule has 0 bridgehead atoms. The fourth-order valence-corrected chi connectivity index (χ4v) is 4.04. The number of aromatic amines is 2. The van der Waals surface area contributed by atoms with Gasteiger partial charge in [0.2, 0.25) is 0 Å². The number of pyridine rings is 1. The first-order valence-electron chi connectivity index (χ1n) is 11.5. The monoisotopic (exact) mass is 446 g/mol. The lowest BCUT2D eigenvalue weighted by Crippen LogP contribution is -2.25. The van der Waals surface area contributed by atoms with Gasteiger partial charge in [0.15, 0.2) is 5.65 Å². The van der Waals surface area contributed by atoms with Crippen LogP contribution in [0.15, 0.2) is 64.6 Å². The second-order valence-electron chi connectivity index (χ2n) is 8.10. The topological polar surface area (TPSA) is 98.3 Å². The van der Waals surface area contributed by atoms with Crippen LogP contribution in [-0.2, 0) is 0 Å². The predicted octanol–water partition coefficient (Wildman–Crippen LogP) is 4.53. The Balaban J connectivity index is 1.58. The molecule has 0 saturated heterocycles. The lowest BCUT2D eigenvalue weighted by Gasteiger charge is -2.24. The van der Waals surface area contributed by atoms with Crippen molar-refractivity contribution in [3.05, 3.63) is 75.8 Å². The fraction of sp³-hybridized carbons (Fsp3) is 0.320. The van der Waals surface area contributed by atoms with E-state index in [0.29, 0.717) is 16.9 Å². The molecule has 0 aliphatic heterocycles. The van der Waals surface area contributed by atoms with Crippen LogP contribution in [0.3, 0.4) is 0 Å². The van der Waals surface area contributed by atoms with Crippen molar-refractivity contribution < 1.29 is 0 Å². The van der Waals surface area contributed by atoms with Crippen molar-refractivity contribution in [1.29, 1.82) is 0 Å². The van der Waals surface area contributed by atoms with E-state index >= 15 is 0 Å². The molecular weight excluding hydrogens is 416 g/mol. The number of imidazole rings is 1. The summed E-state index contributed by atoms with van der Waals surface area (Å²) in [6.45, 7) is 6.57. The highest BCUT2D eigenvalue weighted by Crippen LogP contribution is 2.27. The van der Waals surface area contributed by atoms with Gasteiger partial charge >= 0.3 is 5.69 Å². The molecule has 0 unspecified atom stereocenters. The molecule has 0 saturated carbocycles. The van der Waals surface area contributed by atoms with E-state index in [2.05, 4.69) is 63.3 Å². The summed E-state index contributed by atoms with van der Waals surface area (Å²) in [5, 5.41) is 3.44. The van der Waals surface area contributed by atoms with Gasteiger partial charge in [-0.3, -0.25) is 14.2 Å². The Morgan fingerprint density at radius 3 is 2.55 bits per heavy atom. The SMILES string of the molecule is CCCCCN(CCC)c1ccc(Nc2ccc(-c3c[nH]c(=O)[nH]c3=O)n3ccnc23)cc1. The molecule has 0 fully saturated rings. The second-order valence-corrected chi connectivity index (χ2v) is 8.10. The van der Waals surface area contributed by atoms with Crippen LogP contribution in [0.25, 0.3) is 16.9 Å². The molecule has 172 valence electrons. The Kier molecular flexibility index (Phi) is 6.92. The van der Waals surface area contributed by atoms with Crippen LogP contribution in [0.5, 0.6) is 0 Å². The summed E-state index contributed by atoms with van der Waals surface area (Å²) < 4.78 is 1.83. The van der Waals surface area contributed by atoms with E-state index in [0.717, 1.165) is 30.9 Å². The van der Waals surface area contributed by atoms with Crippen molar-refractivity contribution in [2.45, 2.75) is 39.5 Å². The number of nitrogens with zero attached hydrogens (tertiary/aromatic N) is 3. The highest BCUT2D eigenvalue weighted by molar-refractivity contribution is 5.78. The van der Waals surface area contributed by atoms with E-state index < -0.39 is 11.2 Å². The van der Waals surface area contributed by atoms with E-state index in [-0.39, 0.29) is 0 Å². The first-order valence-corrected chi connectivity index (χ1v) is 11.5. The standard InChI is InChI=1S/C25H30N6O2/c1-3-5-6-15-30(14-4-2)19-9-7-18(8-10-19)28-21-11-12-22(31-16-13-26-23(21)31)20-17-27-25(33)29-24(20)32/h7-13,16-17,28H,3-6,14-15H2,1-2H3,(H2,27,29,32,33). The summed E-state index contributed by atoms with van der Waals surface area (Å²) in [6, 6.07) is 12.2. The predicted molar refractivity (Wildman–Crippen MR) is 134 cm³/mol. The van der Waals surface area contributed by atoms with Crippen molar-refractivity contribution in [3.63, 3.8) is 0 Å². The summed E-state index contributed by atoms with van der Waals surface area (Å²) in [7, 11) is 0. The summed E-state index contributed by atoms with van der Waals surface area (Å²) >= 11 is 0. The fourth-order valence-electron chi connectivity index (χ4n) is 4.04. The van der Waals surface area contributed by atoms with Gasteiger partial charge < -0.3 is 15.2 Å². The van der Waals surface area contributed by atoms with Gasteiger partial charge in [-0.25, -0.2) is 9.78 Å². The number of rotatable bonds is 10. The molecule has 0 aliphatic rings. The van der Waals surface area contributed by atoms with Crippen molar-refractivity contribution in [2.75, 3.05) is 23.3 Å². The van der Waals surface area contributed by atoms with Crippen LogP contribution in [0, 0.1) is 0 Å². The maximum Gasteiger partial charge on any atom is 0.325 e. The second kappa shape index (κ2) is 10.2. The molecule has 8 heteroatoms. The van der Waals surface area contributed by atoms with Crippen LogP contribution in [0.2, 0.25) is 0 Å². The smallest absolute Gasteiger partial charge is 0.325 e. The van der Waals surface area contributed by atoms with Crippen LogP contribution in [0.4, 0.5) is 17.1 Å². The summed E-state index contributed by atoms with van der Waals surface area (Å²) in [5.74, 6) is 0. The number of H-pyrrole nitrogens is 2. The van der Waals surface area contributed by atoms with E-state index in [1.165, 1.54) is 31.1 Å². The Labute approximate surface area is 192 Å². The van der Waals surface area contributed by atoms with Gasteiger partial charge in [-0.05, 0) is 49.2 Å². The molecule has 0 atom stereocenters. The van der Waals surface area contributed by atoms with Crippen LogP contribution in [-0.4, -0.2) is 32.4 Å². The third-order valence-corrected chi connectivity index (χ3v) is 5.68. The van der Waals surface area contributed by atoms with Crippen molar-refractivity contribution in [3.8, 4) is 11.3 Å². The molecule has 0 radical (unpaired) electrons. The Bertz CT molecular complexity index is 1320. The molecule has 4 aromatic rings. The van der Waals surface area contributed by atoms with Gasteiger partial charge in [-0.1, -0.05) is 26.7 Å². The zero-order chi connectivity index (χ0) is 23.2. The molecule has 4 rings (SSSR count). The zero-order valence-electron chi connectivity index (χ0n) is 19.1. The summed E-state index contributed by atoms with van der Waals surface area (Å²) in [6.07, 6.45) is 9.70. The van der Waals surface area contributed by atoms with E-state index in [4.69, 9.17) is 0 Å². The molecule has 33 heavy (non-hydrogen) atoms. The molecule has 0 aliphatic carbocycles. The molecule has 3 N–H and O–H groups in total. The maximum atomic E-state index is 12.3.